The number of carbonyl (C=O) groups is 2. The van der Waals surface area contributed by atoms with Crippen LogP contribution in [0, 0.1) is 0 Å². The number of carbonyl (C=O) groups excluding carboxylic acids is 2. The van der Waals surface area contributed by atoms with Gasteiger partial charge in [0.15, 0.2) is 5.69 Å². The summed E-state index contributed by atoms with van der Waals surface area (Å²) in [6, 6.07) is 11.9. The minimum Gasteiger partial charge on any atom is -0.465 e. The largest absolute Gasteiger partial charge is 0.465 e. The Balaban J connectivity index is 1.94. The fourth-order valence-corrected chi connectivity index (χ4v) is 4.56. The minimum absolute atomic E-state index is 0.237. The van der Waals surface area contributed by atoms with Crippen molar-refractivity contribution >= 4 is 28.5 Å². The number of hydrogen-bond acceptors (Lipinski definition) is 6. The zero-order valence-electron chi connectivity index (χ0n) is 16.3. The molecule has 1 fully saturated rings. The van der Waals surface area contributed by atoms with Crippen molar-refractivity contribution in [3.63, 3.8) is 0 Å². The molecule has 0 atom stereocenters. The van der Waals surface area contributed by atoms with Crippen LogP contribution in [0.1, 0.15) is 33.7 Å². The highest BCUT2D eigenvalue weighted by atomic mass is 16.5. The van der Waals surface area contributed by atoms with Crippen molar-refractivity contribution in [2.45, 2.75) is 12.8 Å². The SMILES string of the molecule is COC(=O)c1nc(N2CCCC2)c(C(=O)OC)c2c1-c1cccc3cccc-2c13. The lowest BCUT2D eigenvalue weighted by Gasteiger charge is -2.23. The number of aromatic nitrogens is 1. The number of anilines is 1. The fourth-order valence-electron chi connectivity index (χ4n) is 4.56. The molecule has 2 aliphatic rings. The van der Waals surface area contributed by atoms with Crippen LogP contribution in [0.15, 0.2) is 36.4 Å². The normalized spacial score (nSPS) is 14.2. The van der Waals surface area contributed by atoms with Gasteiger partial charge in [0.1, 0.15) is 11.4 Å². The van der Waals surface area contributed by atoms with E-state index in [9.17, 15) is 9.59 Å². The lowest BCUT2D eigenvalue weighted by Crippen LogP contribution is -2.25. The van der Waals surface area contributed by atoms with Crippen LogP contribution in [-0.4, -0.2) is 44.2 Å². The van der Waals surface area contributed by atoms with Gasteiger partial charge in [0.05, 0.1) is 14.2 Å². The van der Waals surface area contributed by atoms with Crippen LogP contribution in [0.2, 0.25) is 0 Å². The van der Waals surface area contributed by atoms with Crippen molar-refractivity contribution in [1.29, 1.82) is 0 Å². The van der Waals surface area contributed by atoms with Crippen LogP contribution in [0.3, 0.4) is 0 Å². The van der Waals surface area contributed by atoms with Gasteiger partial charge in [-0.3, -0.25) is 0 Å². The smallest absolute Gasteiger partial charge is 0.357 e. The van der Waals surface area contributed by atoms with E-state index in [1.165, 1.54) is 14.2 Å². The van der Waals surface area contributed by atoms with E-state index < -0.39 is 11.9 Å². The van der Waals surface area contributed by atoms with Crippen molar-refractivity contribution in [3.8, 4) is 22.3 Å². The topological polar surface area (TPSA) is 68.7 Å². The molecule has 1 aliphatic carbocycles. The van der Waals surface area contributed by atoms with E-state index in [1.54, 1.807) is 0 Å². The molecule has 0 N–H and O–H groups in total. The number of esters is 2. The third-order valence-corrected chi connectivity index (χ3v) is 5.80. The first-order valence-electron chi connectivity index (χ1n) is 9.67. The molecule has 2 aromatic carbocycles. The summed E-state index contributed by atoms with van der Waals surface area (Å²) in [4.78, 5) is 32.5. The monoisotopic (exact) mass is 388 g/mol. The summed E-state index contributed by atoms with van der Waals surface area (Å²) < 4.78 is 10.2. The van der Waals surface area contributed by atoms with Gasteiger partial charge >= 0.3 is 11.9 Å². The molecule has 0 amide bonds. The van der Waals surface area contributed by atoms with Gasteiger partial charge < -0.3 is 14.4 Å². The number of pyridine rings is 1. The number of nitrogens with zero attached hydrogens (tertiary/aromatic N) is 2. The standard InChI is InChI=1S/C23H20N2O4/c1-28-22(26)19-17-14-9-5-7-13-8-6-10-15(16(13)14)18(17)20(23(27)29-2)24-21(19)25-11-3-4-12-25/h5-10H,3-4,11-12H2,1-2H3. The quantitative estimate of drug-likeness (QED) is 0.493. The Hall–Kier alpha value is -3.41. The maximum absolute atomic E-state index is 13.0. The Morgan fingerprint density at radius 2 is 1.52 bits per heavy atom. The Morgan fingerprint density at radius 1 is 0.897 bits per heavy atom. The average molecular weight is 388 g/mol. The number of fused-ring (bicyclic) bond motifs is 3. The van der Waals surface area contributed by atoms with Gasteiger partial charge in [0.2, 0.25) is 0 Å². The molecule has 146 valence electrons. The molecule has 0 radical (unpaired) electrons. The molecule has 1 saturated heterocycles. The van der Waals surface area contributed by atoms with E-state index in [4.69, 9.17) is 9.47 Å². The minimum atomic E-state index is -0.511. The summed E-state index contributed by atoms with van der Waals surface area (Å²) in [7, 11) is 2.72. The third-order valence-electron chi connectivity index (χ3n) is 5.80. The molecule has 0 unspecified atom stereocenters. The molecule has 6 nitrogen and oxygen atoms in total. The highest BCUT2D eigenvalue weighted by molar-refractivity contribution is 6.23. The van der Waals surface area contributed by atoms with Crippen LogP contribution in [-0.2, 0) is 9.47 Å². The summed E-state index contributed by atoms with van der Waals surface area (Å²) in [5.41, 5.74) is 3.81. The van der Waals surface area contributed by atoms with E-state index in [1.807, 2.05) is 36.4 Å². The Kier molecular flexibility index (Phi) is 4.01. The molecule has 1 aliphatic heterocycles. The summed E-state index contributed by atoms with van der Waals surface area (Å²) in [6.07, 6.45) is 2.03. The lowest BCUT2D eigenvalue weighted by molar-refractivity contribution is 0.0583. The number of benzene rings is 2. The van der Waals surface area contributed by atoms with Crippen LogP contribution in [0.4, 0.5) is 5.82 Å². The maximum atomic E-state index is 13.0. The van der Waals surface area contributed by atoms with Gasteiger partial charge in [-0.2, -0.15) is 0 Å². The Morgan fingerprint density at radius 3 is 2.14 bits per heavy atom. The van der Waals surface area contributed by atoms with Gasteiger partial charge in [-0.25, -0.2) is 14.6 Å². The molecule has 0 bridgehead atoms. The van der Waals surface area contributed by atoms with Crippen molar-refractivity contribution in [2.75, 3.05) is 32.2 Å². The van der Waals surface area contributed by atoms with Gasteiger partial charge in [-0.1, -0.05) is 36.4 Å². The van der Waals surface area contributed by atoms with Crippen LogP contribution in [0.5, 0.6) is 0 Å². The zero-order valence-corrected chi connectivity index (χ0v) is 16.3. The van der Waals surface area contributed by atoms with Crippen LogP contribution < -0.4 is 4.90 Å². The number of ether oxygens (including phenoxy) is 2. The fraction of sp³-hybridized carbons (Fsp3) is 0.261. The third kappa shape index (κ3) is 2.45. The predicted octanol–water partition coefficient (Wildman–Crippen LogP) is 4.06. The maximum Gasteiger partial charge on any atom is 0.357 e. The second-order valence-electron chi connectivity index (χ2n) is 7.30. The molecule has 0 spiro atoms. The highest BCUT2D eigenvalue weighted by Gasteiger charge is 2.36. The molecule has 5 rings (SSSR count). The lowest BCUT2D eigenvalue weighted by atomic mass is 9.97. The summed E-state index contributed by atoms with van der Waals surface area (Å²) in [6.45, 7) is 1.57. The average Bonchev–Trinajstić information content (AvgIpc) is 3.40. The molecule has 0 saturated carbocycles. The van der Waals surface area contributed by atoms with E-state index in [-0.39, 0.29) is 5.69 Å². The first kappa shape index (κ1) is 17.7. The summed E-state index contributed by atoms with van der Waals surface area (Å²) >= 11 is 0. The van der Waals surface area contributed by atoms with E-state index in [0.29, 0.717) is 22.5 Å². The van der Waals surface area contributed by atoms with Crippen molar-refractivity contribution in [3.05, 3.63) is 47.7 Å². The molecule has 3 aromatic rings. The summed E-state index contributed by atoms with van der Waals surface area (Å²) in [5.74, 6) is -0.460. The van der Waals surface area contributed by atoms with Crippen molar-refractivity contribution < 1.29 is 19.1 Å². The molecule has 6 heteroatoms. The van der Waals surface area contributed by atoms with E-state index in [2.05, 4.69) is 9.88 Å². The molecular weight excluding hydrogens is 368 g/mol. The van der Waals surface area contributed by atoms with Crippen molar-refractivity contribution in [2.24, 2.45) is 0 Å². The number of rotatable bonds is 3. The van der Waals surface area contributed by atoms with Gasteiger partial charge in [0.25, 0.3) is 0 Å². The molecule has 29 heavy (non-hydrogen) atoms. The van der Waals surface area contributed by atoms with Gasteiger partial charge in [-0.15, -0.1) is 0 Å². The number of hydrogen-bond donors (Lipinski definition) is 0. The highest BCUT2D eigenvalue weighted by Crippen LogP contribution is 2.51. The first-order valence-corrected chi connectivity index (χ1v) is 9.67. The number of methoxy groups -OCH3 is 2. The van der Waals surface area contributed by atoms with E-state index >= 15 is 0 Å². The van der Waals surface area contributed by atoms with Gasteiger partial charge in [0, 0.05) is 24.2 Å². The molecular formula is C23H20N2O4. The second-order valence-corrected chi connectivity index (χ2v) is 7.30. The molecule has 1 aromatic heterocycles. The Bertz CT molecular complexity index is 1170. The Labute approximate surface area is 168 Å². The zero-order chi connectivity index (χ0) is 20.1. The summed E-state index contributed by atoms with van der Waals surface area (Å²) in [5, 5.41) is 2.06. The van der Waals surface area contributed by atoms with Crippen molar-refractivity contribution in [1.82, 2.24) is 4.98 Å². The van der Waals surface area contributed by atoms with Crippen LogP contribution in [0.25, 0.3) is 33.0 Å². The first-order chi connectivity index (χ1) is 14.2. The van der Waals surface area contributed by atoms with E-state index in [0.717, 1.165) is 47.8 Å². The van der Waals surface area contributed by atoms with Crippen LogP contribution >= 0.6 is 0 Å². The van der Waals surface area contributed by atoms with Gasteiger partial charge in [-0.05, 0) is 34.7 Å². The second kappa shape index (κ2) is 6.58. The molecule has 2 heterocycles. The predicted molar refractivity (Wildman–Crippen MR) is 110 cm³/mol.